The van der Waals surface area contributed by atoms with Gasteiger partial charge in [-0.05, 0) is 43.4 Å². The van der Waals surface area contributed by atoms with Gasteiger partial charge in [-0.2, -0.15) is 0 Å². The maximum Gasteiger partial charge on any atom is 0.220 e. The molecular formula is C16H23ClN2O. The second kappa shape index (κ2) is 7.09. The SMILES string of the molecule is CC(NC(=O)CC1CCCCC1N)c1cccc(Cl)c1. The van der Waals surface area contributed by atoms with E-state index in [9.17, 15) is 4.79 Å². The number of hydrogen-bond donors (Lipinski definition) is 2. The van der Waals surface area contributed by atoms with Crippen LogP contribution in [0.3, 0.4) is 0 Å². The summed E-state index contributed by atoms with van der Waals surface area (Å²) in [6, 6.07) is 7.75. The van der Waals surface area contributed by atoms with Gasteiger partial charge in [0, 0.05) is 17.5 Å². The summed E-state index contributed by atoms with van der Waals surface area (Å²) in [6.45, 7) is 1.98. The smallest absolute Gasteiger partial charge is 0.220 e. The minimum atomic E-state index is -0.0268. The number of benzene rings is 1. The average Bonchev–Trinajstić information content (AvgIpc) is 2.41. The fraction of sp³-hybridized carbons (Fsp3) is 0.562. The predicted octanol–water partition coefficient (Wildman–Crippen LogP) is 3.42. The van der Waals surface area contributed by atoms with Gasteiger partial charge in [0.15, 0.2) is 0 Å². The van der Waals surface area contributed by atoms with Crippen molar-refractivity contribution in [3.63, 3.8) is 0 Å². The minimum absolute atomic E-state index is 0.0268. The summed E-state index contributed by atoms with van der Waals surface area (Å²) >= 11 is 5.97. The summed E-state index contributed by atoms with van der Waals surface area (Å²) in [6.07, 6.45) is 5.03. The molecule has 110 valence electrons. The Bertz CT molecular complexity index is 464. The molecule has 20 heavy (non-hydrogen) atoms. The quantitative estimate of drug-likeness (QED) is 0.894. The average molecular weight is 295 g/mol. The zero-order chi connectivity index (χ0) is 14.5. The van der Waals surface area contributed by atoms with Gasteiger partial charge in [0.2, 0.25) is 5.91 Å². The van der Waals surface area contributed by atoms with Gasteiger partial charge in [0.05, 0.1) is 6.04 Å². The molecular weight excluding hydrogens is 272 g/mol. The van der Waals surface area contributed by atoms with Crippen molar-refractivity contribution in [2.45, 2.75) is 51.1 Å². The number of nitrogens with two attached hydrogens (primary N) is 1. The van der Waals surface area contributed by atoms with Crippen LogP contribution in [0.15, 0.2) is 24.3 Å². The Hall–Kier alpha value is -1.06. The van der Waals surface area contributed by atoms with Gasteiger partial charge in [-0.3, -0.25) is 4.79 Å². The van der Waals surface area contributed by atoms with Crippen molar-refractivity contribution < 1.29 is 4.79 Å². The standard InChI is InChI=1S/C16H23ClN2O/c1-11(12-6-4-7-14(17)9-12)19-16(20)10-13-5-2-3-8-15(13)18/h4,6-7,9,11,13,15H,2-3,5,8,10,18H2,1H3,(H,19,20). The molecule has 3 unspecified atom stereocenters. The van der Waals surface area contributed by atoms with Crippen LogP contribution < -0.4 is 11.1 Å². The molecule has 0 aromatic heterocycles. The highest BCUT2D eigenvalue weighted by molar-refractivity contribution is 6.30. The molecule has 0 heterocycles. The lowest BCUT2D eigenvalue weighted by atomic mass is 9.83. The van der Waals surface area contributed by atoms with Crippen LogP contribution in [0.5, 0.6) is 0 Å². The first-order valence-electron chi connectivity index (χ1n) is 7.36. The lowest BCUT2D eigenvalue weighted by molar-refractivity contribution is -0.123. The molecule has 4 heteroatoms. The van der Waals surface area contributed by atoms with Crippen molar-refractivity contribution in [3.8, 4) is 0 Å². The van der Waals surface area contributed by atoms with E-state index in [1.807, 2.05) is 31.2 Å². The molecule has 1 aromatic rings. The largest absolute Gasteiger partial charge is 0.350 e. The highest BCUT2D eigenvalue weighted by Crippen LogP contribution is 2.26. The summed E-state index contributed by atoms with van der Waals surface area (Å²) in [4.78, 5) is 12.1. The van der Waals surface area contributed by atoms with Crippen molar-refractivity contribution in [1.29, 1.82) is 0 Å². The number of carbonyl (C=O) groups excluding carboxylic acids is 1. The number of amides is 1. The first-order valence-corrected chi connectivity index (χ1v) is 7.74. The van der Waals surface area contributed by atoms with Crippen LogP contribution in [0.2, 0.25) is 5.02 Å². The molecule has 2 rings (SSSR count). The zero-order valence-electron chi connectivity index (χ0n) is 11.9. The van der Waals surface area contributed by atoms with E-state index in [1.54, 1.807) is 0 Å². The van der Waals surface area contributed by atoms with Crippen LogP contribution in [0, 0.1) is 5.92 Å². The predicted molar refractivity (Wildman–Crippen MR) is 82.6 cm³/mol. The van der Waals surface area contributed by atoms with Crippen molar-refractivity contribution in [3.05, 3.63) is 34.9 Å². The fourth-order valence-corrected chi connectivity index (χ4v) is 3.09. The maximum atomic E-state index is 12.1. The summed E-state index contributed by atoms with van der Waals surface area (Å²) in [7, 11) is 0. The third-order valence-electron chi connectivity index (χ3n) is 4.14. The maximum absolute atomic E-state index is 12.1. The van der Waals surface area contributed by atoms with E-state index in [0.717, 1.165) is 18.4 Å². The Balaban J connectivity index is 1.87. The van der Waals surface area contributed by atoms with Crippen LogP contribution in [-0.2, 0) is 4.79 Å². The molecule has 1 fully saturated rings. The Morgan fingerprint density at radius 1 is 1.45 bits per heavy atom. The van der Waals surface area contributed by atoms with E-state index in [4.69, 9.17) is 17.3 Å². The molecule has 0 aliphatic heterocycles. The van der Waals surface area contributed by atoms with Gasteiger partial charge in [-0.1, -0.05) is 36.6 Å². The Morgan fingerprint density at radius 2 is 2.20 bits per heavy atom. The molecule has 0 saturated heterocycles. The van der Waals surface area contributed by atoms with Gasteiger partial charge in [0.1, 0.15) is 0 Å². The normalized spacial score (nSPS) is 24.1. The topological polar surface area (TPSA) is 55.1 Å². The summed E-state index contributed by atoms with van der Waals surface area (Å²) in [5.74, 6) is 0.412. The van der Waals surface area contributed by atoms with Crippen LogP contribution in [0.1, 0.15) is 50.6 Å². The van der Waals surface area contributed by atoms with Crippen LogP contribution in [0.25, 0.3) is 0 Å². The van der Waals surface area contributed by atoms with Gasteiger partial charge in [-0.25, -0.2) is 0 Å². The van der Waals surface area contributed by atoms with Gasteiger partial charge >= 0.3 is 0 Å². The van der Waals surface area contributed by atoms with Crippen molar-refractivity contribution >= 4 is 17.5 Å². The lowest BCUT2D eigenvalue weighted by Gasteiger charge is -2.28. The second-order valence-electron chi connectivity index (χ2n) is 5.76. The van der Waals surface area contributed by atoms with Crippen LogP contribution in [0.4, 0.5) is 0 Å². The molecule has 1 saturated carbocycles. The van der Waals surface area contributed by atoms with Crippen molar-refractivity contribution in [1.82, 2.24) is 5.32 Å². The molecule has 1 aliphatic rings. The molecule has 0 radical (unpaired) electrons. The van der Waals surface area contributed by atoms with E-state index < -0.39 is 0 Å². The van der Waals surface area contributed by atoms with E-state index in [2.05, 4.69) is 5.32 Å². The molecule has 0 spiro atoms. The van der Waals surface area contributed by atoms with Crippen LogP contribution >= 0.6 is 11.6 Å². The number of hydrogen-bond acceptors (Lipinski definition) is 2. The molecule has 1 aromatic carbocycles. The molecule has 1 aliphatic carbocycles. The summed E-state index contributed by atoms with van der Waals surface area (Å²) < 4.78 is 0. The van der Waals surface area contributed by atoms with E-state index in [1.165, 1.54) is 12.8 Å². The number of rotatable bonds is 4. The minimum Gasteiger partial charge on any atom is -0.350 e. The van der Waals surface area contributed by atoms with Gasteiger partial charge in [0.25, 0.3) is 0 Å². The lowest BCUT2D eigenvalue weighted by Crippen LogP contribution is -2.37. The Labute approximate surface area is 125 Å². The molecule has 0 bridgehead atoms. The zero-order valence-corrected chi connectivity index (χ0v) is 12.7. The number of halogens is 1. The van der Waals surface area contributed by atoms with Crippen molar-refractivity contribution in [2.75, 3.05) is 0 Å². The monoisotopic (exact) mass is 294 g/mol. The summed E-state index contributed by atoms with van der Waals surface area (Å²) in [5, 5.41) is 3.73. The summed E-state index contributed by atoms with van der Waals surface area (Å²) in [5.41, 5.74) is 7.12. The highest BCUT2D eigenvalue weighted by atomic mass is 35.5. The van der Waals surface area contributed by atoms with E-state index in [0.29, 0.717) is 17.4 Å². The molecule has 3 atom stereocenters. The Kier molecular flexibility index (Phi) is 5.44. The number of nitrogens with one attached hydrogen (secondary N) is 1. The van der Waals surface area contributed by atoms with Gasteiger partial charge in [-0.15, -0.1) is 0 Å². The first-order chi connectivity index (χ1) is 9.56. The molecule has 3 N–H and O–H groups in total. The molecule has 3 nitrogen and oxygen atoms in total. The van der Waals surface area contributed by atoms with Crippen molar-refractivity contribution in [2.24, 2.45) is 11.7 Å². The van der Waals surface area contributed by atoms with E-state index >= 15 is 0 Å². The number of carbonyl (C=O) groups is 1. The Morgan fingerprint density at radius 3 is 2.90 bits per heavy atom. The fourth-order valence-electron chi connectivity index (χ4n) is 2.89. The third-order valence-corrected chi connectivity index (χ3v) is 4.38. The highest BCUT2D eigenvalue weighted by Gasteiger charge is 2.24. The van der Waals surface area contributed by atoms with Crippen LogP contribution in [-0.4, -0.2) is 11.9 Å². The third kappa shape index (κ3) is 4.22. The van der Waals surface area contributed by atoms with Gasteiger partial charge < -0.3 is 11.1 Å². The van der Waals surface area contributed by atoms with E-state index in [-0.39, 0.29) is 18.0 Å². The first kappa shape index (κ1) is 15.3. The second-order valence-corrected chi connectivity index (χ2v) is 6.19. The molecule has 1 amide bonds.